The van der Waals surface area contributed by atoms with Crippen LogP contribution in [-0.4, -0.2) is 82.1 Å². The predicted molar refractivity (Wildman–Crippen MR) is 101 cm³/mol. The van der Waals surface area contributed by atoms with Crippen LogP contribution in [0, 0.1) is 0 Å². The Kier molecular flexibility index (Phi) is 6.91. The highest BCUT2D eigenvalue weighted by atomic mass is 16.5. The molecule has 0 radical (unpaired) electrons. The molecule has 7 heteroatoms. The first kappa shape index (κ1) is 18.9. The third-order valence-electron chi connectivity index (χ3n) is 4.21. The molecule has 0 saturated carbocycles. The van der Waals surface area contributed by atoms with Crippen molar-refractivity contribution in [3.8, 4) is 5.75 Å². The average Bonchev–Trinajstić information content (AvgIpc) is 2.65. The van der Waals surface area contributed by atoms with Gasteiger partial charge in [0.2, 0.25) is 5.91 Å². The molecule has 1 heterocycles. The molecule has 0 bridgehead atoms. The smallest absolute Gasteiger partial charge is 0.243 e. The zero-order chi connectivity index (χ0) is 18.2. The molecule has 7 nitrogen and oxygen atoms in total. The molecule has 0 spiro atoms. The number of anilines is 1. The summed E-state index contributed by atoms with van der Waals surface area (Å²) in [7, 11) is 5.17. The number of methoxy groups -OCH3 is 1. The van der Waals surface area contributed by atoms with Crippen LogP contribution in [0.15, 0.2) is 29.3 Å². The Morgan fingerprint density at radius 1 is 1.20 bits per heavy atom. The summed E-state index contributed by atoms with van der Waals surface area (Å²) in [6.45, 7) is 6.57. The topological polar surface area (TPSA) is 60.4 Å². The summed E-state index contributed by atoms with van der Waals surface area (Å²) in [5.41, 5.74) is 1.20. The summed E-state index contributed by atoms with van der Waals surface area (Å²) in [5, 5.41) is 3.29. The maximum atomic E-state index is 11.8. The molecule has 25 heavy (non-hydrogen) atoms. The van der Waals surface area contributed by atoms with Gasteiger partial charge in [-0.25, -0.2) is 4.99 Å². The number of carbonyl (C=O) groups is 1. The second kappa shape index (κ2) is 9.15. The van der Waals surface area contributed by atoms with Crippen molar-refractivity contribution in [1.29, 1.82) is 0 Å². The van der Waals surface area contributed by atoms with Crippen LogP contribution in [0.5, 0.6) is 5.75 Å². The van der Waals surface area contributed by atoms with Crippen molar-refractivity contribution < 1.29 is 9.53 Å². The van der Waals surface area contributed by atoms with Crippen molar-refractivity contribution in [2.75, 3.05) is 65.4 Å². The lowest BCUT2D eigenvalue weighted by atomic mass is 10.2. The first-order chi connectivity index (χ1) is 12.0. The van der Waals surface area contributed by atoms with Crippen LogP contribution >= 0.6 is 0 Å². The van der Waals surface area contributed by atoms with Gasteiger partial charge in [0, 0.05) is 52.5 Å². The number of ether oxygens (including phenoxy) is 1. The molecule has 1 N–H and O–H groups in total. The van der Waals surface area contributed by atoms with E-state index in [2.05, 4.69) is 32.2 Å². The van der Waals surface area contributed by atoms with Crippen LogP contribution in [0.1, 0.15) is 6.92 Å². The van der Waals surface area contributed by atoms with Gasteiger partial charge in [0.1, 0.15) is 12.3 Å². The lowest BCUT2D eigenvalue weighted by molar-refractivity contribution is -0.127. The molecule has 2 rings (SSSR count). The number of aliphatic imine (C=N–C) groups is 1. The summed E-state index contributed by atoms with van der Waals surface area (Å²) < 4.78 is 5.21. The van der Waals surface area contributed by atoms with E-state index in [9.17, 15) is 4.79 Å². The number of hydrogen-bond donors (Lipinski definition) is 1. The van der Waals surface area contributed by atoms with Crippen molar-refractivity contribution in [2.24, 2.45) is 4.99 Å². The maximum Gasteiger partial charge on any atom is 0.243 e. The number of benzene rings is 1. The molecule has 0 unspecified atom stereocenters. The van der Waals surface area contributed by atoms with Crippen LogP contribution in [0.3, 0.4) is 0 Å². The van der Waals surface area contributed by atoms with Gasteiger partial charge >= 0.3 is 0 Å². The van der Waals surface area contributed by atoms with Crippen molar-refractivity contribution in [2.45, 2.75) is 6.92 Å². The molecular weight excluding hydrogens is 318 g/mol. The number of nitrogens with zero attached hydrogens (tertiary/aromatic N) is 4. The average molecular weight is 347 g/mol. The highest BCUT2D eigenvalue weighted by Crippen LogP contribution is 2.20. The largest absolute Gasteiger partial charge is 0.497 e. The second-order valence-corrected chi connectivity index (χ2v) is 6.13. The molecule has 0 atom stereocenters. The molecule has 1 fully saturated rings. The van der Waals surface area contributed by atoms with Gasteiger partial charge in [-0.15, -0.1) is 0 Å². The van der Waals surface area contributed by atoms with Crippen molar-refractivity contribution in [3.05, 3.63) is 24.3 Å². The van der Waals surface area contributed by atoms with Crippen LogP contribution in [0.4, 0.5) is 5.69 Å². The molecule has 138 valence electrons. The molecule has 1 aromatic carbocycles. The van der Waals surface area contributed by atoms with E-state index in [1.54, 1.807) is 26.1 Å². The normalized spacial score (nSPS) is 15.1. The summed E-state index contributed by atoms with van der Waals surface area (Å²) in [6, 6.07) is 8.15. The van der Waals surface area contributed by atoms with Gasteiger partial charge in [0.15, 0.2) is 5.96 Å². The van der Waals surface area contributed by atoms with E-state index in [4.69, 9.17) is 4.74 Å². The Bertz CT molecular complexity index is 578. The number of guanidine groups is 1. The minimum Gasteiger partial charge on any atom is -0.497 e. The molecule has 0 aliphatic carbocycles. The lowest BCUT2D eigenvalue weighted by Crippen LogP contribution is -2.52. The zero-order valence-electron chi connectivity index (χ0n) is 15.7. The number of piperazine rings is 1. The van der Waals surface area contributed by atoms with Gasteiger partial charge in [-0.2, -0.15) is 0 Å². The van der Waals surface area contributed by atoms with Crippen molar-refractivity contribution >= 4 is 17.6 Å². The fourth-order valence-electron chi connectivity index (χ4n) is 2.68. The Hall–Kier alpha value is -2.44. The number of hydrogen-bond acceptors (Lipinski definition) is 4. The molecule has 1 aromatic rings. The van der Waals surface area contributed by atoms with Gasteiger partial charge in [0.25, 0.3) is 0 Å². The third-order valence-corrected chi connectivity index (χ3v) is 4.21. The summed E-state index contributed by atoms with van der Waals surface area (Å²) >= 11 is 0. The monoisotopic (exact) mass is 347 g/mol. The van der Waals surface area contributed by atoms with Gasteiger partial charge in [-0.1, -0.05) is 0 Å². The van der Waals surface area contributed by atoms with E-state index in [1.165, 1.54) is 5.69 Å². The number of rotatable bonds is 5. The summed E-state index contributed by atoms with van der Waals surface area (Å²) in [4.78, 5) is 22.4. The zero-order valence-corrected chi connectivity index (χ0v) is 15.7. The fourth-order valence-corrected chi connectivity index (χ4v) is 2.68. The molecule has 0 aromatic heterocycles. The Morgan fingerprint density at radius 3 is 2.36 bits per heavy atom. The molecule has 1 amide bonds. The maximum absolute atomic E-state index is 11.8. The second-order valence-electron chi connectivity index (χ2n) is 6.13. The highest BCUT2D eigenvalue weighted by molar-refractivity contribution is 5.85. The van der Waals surface area contributed by atoms with E-state index < -0.39 is 0 Å². The van der Waals surface area contributed by atoms with Gasteiger partial charge in [-0.3, -0.25) is 4.79 Å². The Morgan fingerprint density at radius 2 is 1.84 bits per heavy atom. The van der Waals surface area contributed by atoms with E-state index in [1.807, 2.05) is 19.1 Å². The van der Waals surface area contributed by atoms with Crippen LogP contribution < -0.4 is 15.0 Å². The highest BCUT2D eigenvalue weighted by Gasteiger charge is 2.20. The number of carbonyl (C=O) groups excluding carboxylic acids is 1. The fraction of sp³-hybridized carbons (Fsp3) is 0.556. The molecular formula is C18H29N5O2. The number of nitrogens with one attached hydrogen (secondary N) is 1. The van der Waals surface area contributed by atoms with E-state index >= 15 is 0 Å². The van der Waals surface area contributed by atoms with Crippen molar-refractivity contribution in [1.82, 2.24) is 15.1 Å². The third kappa shape index (κ3) is 5.27. The minimum atomic E-state index is 0.00673. The Labute approximate surface area is 150 Å². The van der Waals surface area contributed by atoms with E-state index in [0.717, 1.165) is 44.4 Å². The van der Waals surface area contributed by atoms with Gasteiger partial charge in [0.05, 0.1) is 7.11 Å². The van der Waals surface area contributed by atoms with Crippen molar-refractivity contribution in [3.63, 3.8) is 0 Å². The van der Waals surface area contributed by atoms with Crippen LogP contribution in [0.2, 0.25) is 0 Å². The van der Waals surface area contributed by atoms with Crippen LogP contribution in [0.25, 0.3) is 0 Å². The first-order valence-electron chi connectivity index (χ1n) is 8.67. The number of amides is 1. The van der Waals surface area contributed by atoms with Gasteiger partial charge in [-0.05, 0) is 31.2 Å². The van der Waals surface area contributed by atoms with E-state index in [0.29, 0.717) is 0 Å². The van der Waals surface area contributed by atoms with Crippen LogP contribution in [-0.2, 0) is 4.79 Å². The summed E-state index contributed by atoms with van der Waals surface area (Å²) in [5.74, 6) is 1.69. The summed E-state index contributed by atoms with van der Waals surface area (Å²) in [6.07, 6.45) is 0. The standard InChI is InChI=1S/C18H29N5O2/c1-5-19-18(20-14-17(24)21(2)3)23-12-10-22(11-13-23)15-6-8-16(25-4)9-7-15/h6-9H,5,10-14H2,1-4H3,(H,19,20). The molecule has 1 aliphatic heterocycles. The lowest BCUT2D eigenvalue weighted by Gasteiger charge is -2.37. The quantitative estimate of drug-likeness (QED) is 0.633. The SMILES string of the molecule is CCNC(=NCC(=O)N(C)C)N1CCN(c2ccc(OC)cc2)CC1. The van der Waals surface area contributed by atoms with E-state index in [-0.39, 0.29) is 12.5 Å². The predicted octanol–water partition coefficient (Wildman–Crippen LogP) is 0.871. The molecule has 1 aliphatic rings. The molecule has 1 saturated heterocycles. The number of likely N-dealkylation sites (N-methyl/N-ethyl adjacent to an activating group) is 1. The Balaban J connectivity index is 1.95. The van der Waals surface area contributed by atoms with Gasteiger partial charge < -0.3 is 24.8 Å². The first-order valence-corrected chi connectivity index (χ1v) is 8.67. The minimum absolute atomic E-state index is 0.00673.